The Balaban J connectivity index is 1.96. The summed E-state index contributed by atoms with van der Waals surface area (Å²) in [5, 5.41) is 23.1. The highest BCUT2D eigenvalue weighted by Gasteiger charge is 2.60. The van der Waals surface area contributed by atoms with Crippen molar-refractivity contribution in [2.24, 2.45) is 5.92 Å². The standard InChI is InChI=1S/C21H31NO7/c1-13(2)19(24)21(20(25)26-4)10-16(18-17(23)12-27-14(3)28-18)22(29-21)11-15-8-6-5-7-9-15/h5-9,13-14,16-19,23-24H,10-12H2,1-4H3/t14-,16+,17-,18+,19-,21+/m1/s1. The Hall–Kier alpha value is -1.55. The Kier molecular flexibility index (Phi) is 6.93. The maximum atomic E-state index is 12.8. The highest BCUT2D eigenvalue weighted by molar-refractivity contribution is 5.81. The van der Waals surface area contributed by atoms with Gasteiger partial charge in [0.2, 0.25) is 5.60 Å². The second kappa shape index (κ2) is 9.07. The number of hydrogen-bond donors (Lipinski definition) is 2. The van der Waals surface area contributed by atoms with Crippen LogP contribution in [0.4, 0.5) is 0 Å². The lowest BCUT2D eigenvalue weighted by Gasteiger charge is -2.38. The summed E-state index contributed by atoms with van der Waals surface area (Å²) in [6.45, 7) is 5.87. The molecule has 162 valence electrons. The van der Waals surface area contributed by atoms with Gasteiger partial charge in [0.1, 0.15) is 12.2 Å². The molecule has 0 saturated carbocycles. The van der Waals surface area contributed by atoms with Gasteiger partial charge in [-0.15, -0.1) is 0 Å². The first-order chi connectivity index (χ1) is 13.8. The van der Waals surface area contributed by atoms with Crippen molar-refractivity contribution in [3.8, 4) is 0 Å². The second-order valence-corrected chi connectivity index (χ2v) is 8.06. The predicted octanol–water partition coefficient (Wildman–Crippen LogP) is 1.24. The van der Waals surface area contributed by atoms with E-state index in [9.17, 15) is 15.0 Å². The molecule has 2 aliphatic rings. The molecule has 0 aliphatic carbocycles. The summed E-state index contributed by atoms with van der Waals surface area (Å²) in [5.74, 6) is -0.889. The lowest BCUT2D eigenvalue weighted by atomic mass is 9.82. The van der Waals surface area contributed by atoms with Crippen LogP contribution in [0.15, 0.2) is 30.3 Å². The average Bonchev–Trinajstić information content (AvgIpc) is 3.09. The molecule has 2 fully saturated rings. The monoisotopic (exact) mass is 409 g/mol. The maximum absolute atomic E-state index is 12.8. The minimum atomic E-state index is -1.58. The molecule has 1 aromatic carbocycles. The number of nitrogens with zero attached hydrogens (tertiary/aromatic N) is 1. The number of carbonyl (C=O) groups excluding carboxylic acids is 1. The highest BCUT2D eigenvalue weighted by Crippen LogP contribution is 2.41. The molecule has 2 N–H and O–H groups in total. The first-order valence-electron chi connectivity index (χ1n) is 9.99. The molecule has 29 heavy (non-hydrogen) atoms. The van der Waals surface area contributed by atoms with E-state index < -0.39 is 42.2 Å². The Bertz CT molecular complexity index is 685. The third-order valence-electron chi connectivity index (χ3n) is 5.59. The summed E-state index contributed by atoms with van der Waals surface area (Å²) in [4.78, 5) is 18.9. The summed E-state index contributed by atoms with van der Waals surface area (Å²) in [5.41, 5.74) is -0.612. The van der Waals surface area contributed by atoms with Crippen molar-refractivity contribution in [1.82, 2.24) is 5.06 Å². The average molecular weight is 409 g/mol. The number of aliphatic hydroxyl groups is 2. The zero-order chi connectivity index (χ0) is 21.2. The van der Waals surface area contributed by atoms with Gasteiger partial charge < -0.3 is 24.4 Å². The van der Waals surface area contributed by atoms with Gasteiger partial charge in [0, 0.05) is 13.0 Å². The number of esters is 1. The smallest absolute Gasteiger partial charge is 0.343 e. The molecule has 2 aliphatic heterocycles. The Labute approximate surface area is 171 Å². The maximum Gasteiger partial charge on any atom is 0.343 e. The van der Waals surface area contributed by atoms with Crippen molar-refractivity contribution in [2.45, 2.75) is 70.0 Å². The van der Waals surface area contributed by atoms with Gasteiger partial charge >= 0.3 is 5.97 Å². The molecule has 2 saturated heterocycles. The quantitative estimate of drug-likeness (QED) is 0.678. The zero-order valence-corrected chi connectivity index (χ0v) is 17.4. The van der Waals surface area contributed by atoms with Gasteiger partial charge in [-0.2, -0.15) is 5.06 Å². The molecule has 8 nitrogen and oxygen atoms in total. The topological polar surface area (TPSA) is 97.7 Å². The number of rotatable bonds is 6. The fourth-order valence-electron chi connectivity index (χ4n) is 4.07. The lowest BCUT2D eigenvalue weighted by molar-refractivity contribution is -0.286. The van der Waals surface area contributed by atoms with Gasteiger partial charge in [-0.1, -0.05) is 44.2 Å². The summed E-state index contributed by atoms with van der Waals surface area (Å²) >= 11 is 0. The van der Waals surface area contributed by atoms with Crippen LogP contribution in [-0.4, -0.2) is 71.2 Å². The van der Waals surface area contributed by atoms with Crippen LogP contribution < -0.4 is 0 Å². The van der Waals surface area contributed by atoms with Crippen LogP contribution in [0, 0.1) is 5.92 Å². The van der Waals surface area contributed by atoms with E-state index in [1.54, 1.807) is 12.0 Å². The molecule has 1 aromatic rings. The molecular formula is C21H31NO7. The number of hydrogen-bond acceptors (Lipinski definition) is 8. The van der Waals surface area contributed by atoms with E-state index in [0.717, 1.165) is 5.56 Å². The Morgan fingerprint density at radius 1 is 1.34 bits per heavy atom. The van der Waals surface area contributed by atoms with Gasteiger partial charge in [-0.3, -0.25) is 4.84 Å². The van der Waals surface area contributed by atoms with Crippen molar-refractivity contribution < 1.29 is 34.1 Å². The molecule has 0 unspecified atom stereocenters. The number of carbonyl (C=O) groups is 1. The van der Waals surface area contributed by atoms with Gasteiger partial charge in [0.05, 0.1) is 25.9 Å². The molecule has 6 atom stereocenters. The van der Waals surface area contributed by atoms with Crippen molar-refractivity contribution in [1.29, 1.82) is 0 Å². The van der Waals surface area contributed by atoms with Crippen molar-refractivity contribution in [2.75, 3.05) is 13.7 Å². The Morgan fingerprint density at radius 3 is 2.66 bits per heavy atom. The molecule has 0 spiro atoms. The first-order valence-corrected chi connectivity index (χ1v) is 9.99. The zero-order valence-electron chi connectivity index (χ0n) is 17.4. The fraction of sp³-hybridized carbons (Fsp3) is 0.667. The fourth-order valence-corrected chi connectivity index (χ4v) is 4.07. The van der Waals surface area contributed by atoms with Crippen LogP contribution in [-0.2, 0) is 30.4 Å². The Morgan fingerprint density at radius 2 is 2.03 bits per heavy atom. The SMILES string of the molecule is COC(=O)[C@@]1([C@H](O)C(C)C)C[C@@H]([C@@H]2O[C@H](C)OC[C@H]2O)N(Cc2ccccc2)O1. The molecule has 3 rings (SSSR count). The molecule has 0 bridgehead atoms. The molecule has 0 aromatic heterocycles. The molecule has 0 amide bonds. The van der Waals surface area contributed by atoms with E-state index >= 15 is 0 Å². The van der Waals surface area contributed by atoms with Crippen molar-refractivity contribution >= 4 is 5.97 Å². The van der Waals surface area contributed by atoms with Crippen molar-refractivity contribution in [3.63, 3.8) is 0 Å². The van der Waals surface area contributed by atoms with Gasteiger partial charge in [0.25, 0.3) is 0 Å². The van der Waals surface area contributed by atoms with E-state index in [0.29, 0.717) is 6.54 Å². The van der Waals surface area contributed by atoms with E-state index in [1.165, 1.54) is 7.11 Å². The number of hydroxylamine groups is 2. The molecule has 8 heteroatoms. The van der Waals surface area contributed by atoms with Crippen LogP contribution in [0.3, 0.4) is 0 Å². The first kappa shape index (κ1) is 22.1. The summed E-state index contributed by atoms with van der Waals surface area (Å²) in [6, 6.07) is 9.16. The predicted molar refractivity (Wildman–Crippen MR) is 103 cm³/mol. The third kappa shape index (κ3) is 4.47. The lowest BCUT2D eigenvalue weighted by Crippen LogP contribution is -2.54. The minimum absolute atomic E-state index is 0.124. The summed E-state index contributed by atoms with van der Waals surface area (Å²) in [6.07, 6.45) is -2.99. The van der Waals surface area contributed by atoms with Crippen LogP contribution in [0.1, 0.15) is 32.8 Å². The number of methoxy groups -OCH3 is 1. The minimum Gasteiger partial charge on any atom is -0.467 e. The molecular weight excluding hydrogens is 378 g/mol. The van der Waals surface area contributed by atoms with Crippen molar-refractivity contribution in [3.05, 3.63) is 35.9 Å². The molecule has 0 radical (unpaired) electrons. The van der Waals surface area contributed by atoms with E-state index in [-0.39, 0.29) is 18.9 Å². The van der Waals surface area contributed by atoms with E-state index in [1.807, 2.05) is 44.2 Å². The number of benzene rings is 1. The van der Waals surface area contributed by atoms with Gasteiger partial charge in [-0.25, -0.2) is 4.79 Å². The van der Waals surface area contributed by atoms with Crippen LogP contribution in [0.25, 0.3) is 0 Å². The van der Waals surface area contributed by atoms with E-state index in [4.69, 9.17) is 19.0 Å². The third-order valence-corrected chi connectivity index (χ3v) is 5.59. The van der Waals surface area contributed by atoms with Crippen LogP contribution in [0.5, 0.6) is 0 Å². The molecule has 2 heterocycles. The number of ether oxygens (including phenoxy) is 3. The second-order valence-electron chi connectivity index (χ2n) is 8.06. The van der Waals surface area contributed by atoms with Crippen LogP contribution >= 0.6 is 0 Å². The highest BCUT2D eigenvalue weighted by atomic mass is 16.7. The summed E-state index contributed by atoms with van der Waals surface area (Å²) in [7, 11) is 1.28. The van der Waals surface area contributed by atoms with E-state index in [2.05, 4.69) is 0 Å². The largest absolute Gasteiger partial charge is 0.467 e. The van der Waals surface area contributed by atoms with Crippen LogP contribution in [0.2, 0.25) is 0 Å². The van der Waals surface area contributed by atoms with Gasteiger partial charge in [-0.05, 0) is 18.4 Å². The summed E-state index contributed by atoms with van der Waals surface area (Å²) < 4.78 is 16.2. The normalized spacial score (nSPS) is 34.3. The number of aliphatic hydroxyl groups excluding tert-OH is 2. The van der Waals surface area contributed by atoms with Gasteiger partial charge in [0.15, 0.2) is 6.29 Å².